The highest BCUT2D eigenvalue weighted by Crippen LogP contribution is 2.39. The highest BCUT2D eigenvalue weighted by molar-refractivity contribution is 5.91. The SMILES string of the molecule is CC(C)c1ccc(N2C[C@@H](CNCCc3cccc4ccccc34)Oc3ccccc32)cc1C(=O)O. The molecule has 0 bridgehead atoms. The number of benzene rings is 4. The van der Waals surface area contributed by atoms with Crippen LogP contribution in [0.5, 0.6) is 5.75 Å². The molecule has 4 aromatic carbocycles. The van der Waals surface area contributed by atoms with Gasteiger partial charge in [0.05, 0.1) is 17.8 Å². The van der Waals surface area contributed by atoms with Crippen molar-refractivity contribution >= 4 is 28.1 Å². The molecular weight excluding hydrogens is 448 g/mol. The summed E-state index contributed by atoms with van der Waals surface area (Å²) in [5, 5.41) is 16.0. The van der Waals surface area contributed by atoms with Crippen LogP contribution in [0.15, 0.2) is 84.9 Å². The topological polar surface area (TPSA) is 61.8 Å². The Morgan fingerprint density at radius 2 is 1.81 bits per heavy atom. The predicted molar refractivity (Wildman–Crippen MR) is 146 cm³/mol. The van der Waals surface area contributed by atoms with Crippen LogP contribution in [0, 0.1) is 0 Å². The summed E-state index contributed by atoms with van der Waals surface area (Å²) in [6, 6.07) is 28.7. The van der Waals surface area contributed by atoms with Gasteiger partial charge in [-0.25, -0.2) is 4.79 Å². The van der Waals surface area contributed by atoms with E-state index < -0.39 is 5.97 Å². The third-order valence-corrected chi connectivity index (χ3v) is 6.86. The van der Waals surface area contributed by atoms with E-state index in [9.17, 15) is 9.90 Å². The third kappa shape index (κ3) is 4.93. The number of carboxylic acids is 1. The second kappa shape index (κ2) is 10.4. The summed E-state index contributed by atoms with van der Waals surface area (Å²) < 4.78 is 6.33. The van der Waals surface area contributed by atoms with Crippen LogP contribution in [-0.2, 0) is 6.42 Å². The van der Waals surface area contributed by atoms with E-state index in [0.717, 1.165) is 35.7 Å². The van der Waals surface area contributed by atoms with Crippen LogP contribution in [0.4, 0.5) is 11.4 Å². The number of hydrogen-bond acceptors (Lipinski definition) is 4. The van der Waals surface area contributed by atoms with E-state index in [2.05, 4.69) is 52.7 Å². The molecule has 0 spiro atoms. The summed E-state index contributed by atoms with van der Waals surface area (Å²) >= 11 is 0. The maximum atomic E-state index is 12.0. The number of nitrogens with zero attached hydrogens (tertiary/aromatic N) is 1. The summed E-state index contributed by atoms with van der Waals surface area (Å²) in [4.78, 5) is 14.2. The molecule has 4 aromatic rings. The molecule has 1 atom stereocenters. The van der Waals surface area contributed by atoms with E-state index in [0.29, 0.717) is 18.7 Å². The quantitative estimate of drug-likeness (QED) is 0.286. The second-order valence-corrected chi connectivity index (χ2v) is 9.64. The van der Waals surface area contributed by atoms with Crippen molar-refractivity contribution in [3.63, 3.8) is 0 Å². The maximum absolute atomic E-state index is 12.0. The zero-order chi connectivity index (χ0) is 25.1. The van der Waals surface area contributed by atoms with Gasteiger partial charge >= 0.3 is 5.97 Å². The maximum Gasteiger partial charge on any atom is 0.336 e. The minimum atomic E-state index is -0.895. The first-order valence-corrected chi connectivity index (χ1v) is 12.6. The molecular formula is C31H32N2O3. The van der Waals surface area contributed by atoms with Gasteiger partial charge in [-0.1, -0.05) is 74.5 Å². The average Bonchev–Trinajstić information content (AvgIpc) is 2.90. The first kappa shape index (κ1) is 23.9. The number of aromatic carboxylic acids is 1. The molecule has 5 heteroatoms. The van der Waals surface area contributed by atoms with Gasteiger partial charge in [0.25, 0.3) is 0 Å². The van der Waals surface area contributed by atoms with E-state index in [1.165, 1.54) is 16.3 Å². The fourth-order valence-electron chi connectivity index (χ4n) is 5.05. The number of rotatable bonds is 8. The lowest BCUT2D eigenvalue weighted by molar-refractivity contribution is 0.0695. The zero-order valence-electron chi connectivity index (χ0n) is 20.8. The molecule has 0 aliphatic carbocycles. The average molecular weight is 481 g/mol. The Bertz CT molecular complexity index is 1380. The third-order valence-electron chi connectivity index (χ3n) is 6.86. The molecule has 0 aromatic heterocycles. The molecule has 1 heterocycles. The molecule has 0 fully saturated rings. The number of anilines is 2. The van der Waals surface area contributed by atoms with Gasteiger partial charge in [-0.2, -0.15) is 0 Å². The first-order valence-electron chi connectivity index (χ1n) is 12.6. The van der Waals surface area contributed by atoms with Crippen LogP contribution in [0.3, 0.4) is 0 Å². The minimum Gasteiger partial charge on any atom is -0.485 e. The monoisotopic (exact) mass is 480 g/mol. The molecule has 184 valence electrons. The van der Waals surface area contributed by atoms with Gasteiger partial charge in [-0.05, 0) is 65.0 Å². The number of nitrogens with one attached hydrogen (secondary N) is 1. The summed E-state index contributed by atoms with van der Waals surface area (Å²) in [6.45, 7) is 6.22. The summed E-state index contributed by atoms with van der Waals surface area (Å²) in [6.07, 6.45) is 0.873. The Balaban J connectivity index is 1.31. The van der Waals surface area contributed by atoms with Crippen molar-refractivity contribution in [3.05, 3.63) is 102 Å². The normalized spacial score (nSPS) is 15.1. The molecule has 0 saturated carbocycles. The predicted octanol–water partition coefficient (Wildman–Crippen LogP) is 6.39. The number of para-hydroxylation sites is 2. The van der Waals surface area contributed by atoms with Gasteiger partial charge < -0.3 is 20.1 Å². The van der Waals surface area contributed by atoms with Crippen molar-refractivity contribution in [2.75, 3.05) is 24.5 Å². The Morgan fingerprint density at radius 3 is 2.64 bits per heavy atom. The molecule has 0 saturated heterocycles. The Labute approximate surface area is 212 Å². The van der Waals surface area contributed by atoms with Crippen molar-refractivity contribution in [2.24, 2.45) is 0 Å². The largest absolute Gasteiger partial charge is 0.485 e. The van der Waals surface area contributed by atoms with Gasteiger partial charge in [0.2, 0.25) is 0 Å². The molecule has 1 aliphatic heterocycles. The summed E-state index contributed by atoms with van der Waals surface area (Å²) in [5.74, 6) is 0.0592. The van der Waals surface area contributed by atoms with Gasteiger partial charge in [-0.3, -0.25) is 0 Å². The number of hydrogen-bond donors (Lipinski definition) is 2. The molecule has 0 amide bonds. The summed E-state index contributed by atoms with van der Waals surface area (Å²) in [5.41, 5.74) is 4.37. The van der Waals surface area contributed by atoms with Crippen molar-refractivity contribution in [2.45, 2.75) is 32.3 Å². The fourth-order valence-corrected chi connectivity index (χ4v) is 5.05. The van der Waals surface area contributed by atoms with Crippen molar-refractivity contribution in [3.8, 4) is 5.75 Å². The fraction of sp³-hybridized carbons (Fsp3) is 0.258. The van der Waals surface area contributed by atoms with Crippen LogP contribution in [0.1, 0.15) is 41.3 Å². The van der Waals surface area contributed by atoms with Gasteiger partial charge in [-0.15, -0.1) is 0 Å². The van der Waals surface area contributed by atoms with E-state index in [-0.39, 0.29) is 12.0 Å². The van der Waals surface area contributed by atoms with Crippen molar-refractivity contribution in [1.82, 2.24) is 5.32 Å². The van der Waals surface area contributed by atoms with Gasteiger partial charge in [0.15, 0.2) is 0 Å². The molecule has 1 aliphatic rings. The van der Waals surface area contributed by atoms with E-state index in [1.54, 1.807) is 6.07 Å². The van der Waals surface area contributed by atoms with Crippen LogP contribution in [-0.4, -0.2) is 36.8 Å². The van der Waals surface area contributed by atoms with Crippen LogP contribution < -0.4 is 15.0 Å². The lowest BCUT2D eigenvalue weighted by atomic mass is 9.96. The van der Waals surface area contributed by atoms with Crippen LogP contribution in [0.2, 0.25) is 0 Å². The van der Waals surface area contributed by atoms with Crippen molar-refractivity contribution < 1.29 is 14.6 Å². The lowest BCUT2D eigenvalue weighted by Crippen LogP contribution is -2.43. The molecule has 5 nitrogen and oxygen atoms in total. The second-order valence-electron chi connectivity index (χ2n) is 9.64. The highest BCUT2D eigenvalue weighted by atomic mass is 16.5. The number of fused-ring (bicyclic) bond motifs is 2. The number of carbonyl (C=O) groups is 1. The van der Waals surface area contributed by atoms with Crippen LogP contribution >= 0.6 is 0 Å². The molecule has 36 heavy (non-hydrogen) atoms. The first-order chi connectivity index (χ1) is 17.5. The lowest BCUT2D eigenvalue weighted by Gasteiger charge is -2.36. The highest BCUT2D eigenvalue weighted by Gasteiger charge is 2.27. The van der Waals surface area contributed by atoms with E-state index in [1.807, 2.05) is 50.2 Å². The Morgan fingerprint density at radius 1 is 1.03 bits per heavy atom. The molecule has 5 rings (SSSR count). The van der Waals surface area contributed by atoms with Crippen molar-refractivity contribution in [1.29, 1.82) is 0 Å². The molecule has 0 unspecified atom stereocenters. The van der Waals surface area contributed by atoms with Gasteiger partial charge in [0.1, 0.15) is 11.9 Å². The Kier molecular flexibility index (Phi) is 6.92. The zero-order valence-corrected chi connectivity index (χ0v) is 20.8. The van der Waals surface area contributed by atoms with Gasteiger partial charge in [0, 0.05) is 12.2 Å². The standard InChI is InChI=1S/C31H32N2O3/c1-21(2)26-15-14-24(18-28(26)31(34)35)33-20-25(36-30-13-6-5-12-29(30)33)19-32-17-16-23-10-7-9-22-8-3-4-11-27(22)23/h3-15,18,21,25,32H,16-17,19-20H2,1-2H3,(H,34,35)/t25-/m1/s1. The minimum absolute atomic E-state index is 0.0644. The smallest absolute Gasteiger partial charge is 0.336 e. The van der Waals surface area contributed by atoms with Crippen LogP contribution in [0.25, 0.3) is 10.8 Å². The van der Waals surface area contributed by atoms with E-state index in [4.69, 9.17) is 4.74 Å². The Hall–Kier alpha value is -3.83. The number of ether oxygens (including phenoxy) is 1. The van der Waals surface area contributed by atoms with E-state index >= 15 is 0 Å². The molecule has 2 N–H and O–H groups in total. The molecule has 0 radical (unpaired) electrons. The number of carboxylic acid groups (broad SMARTS) is 1. The summed E-state index contributed by atoms with van der Waals surface area (Å²) in [7, 11) is 0.